The second-order valence-corrected chi connectivity index (χ2v) is 9.52. The first kappa shape index (κ1) is 22.0. The highest BCUT2D eigenvalue weighted by Crippen LogP contribution is 2.63. The smallest absolute Gasteiger partial charge is 0.366 e. The number of fused-ring (bicyclic) bond motifs is 1. The first-order valence-electron chi connectivity index (χ1n) is 7.29. The number of nitrogens with two attached hydrogens (primary N) is 1. The van der Waals surface area contributed by atoms with Gasteiger partial charge < -0.3 is 20.3 Å². The van der Waals surface area contributed by atoms with Gasteiger partial charge in [0.1, 0.15) is 10.5 Å². The van der Waals surface area contributed by atoms with Gasteiger partial charge >= 0.3 is 13.3 Å². The van der Waals surface area contributed by atoms with Gasteiger partial charge in [0.05, 0.1) is 4.70 Å². The molecule has 0 fully saturated rings. The Morgan fingerprint density at radius 1 is 1.37 bits per heavy atom. The van der Waals surface area contributed by atoms with Gasteiger partial charge in [-0.05, 0) is 41.9 Å². The van der Waals surface area contributed by atoms with Crippen molar-refractivity contribution in [3.05, 3.63) is 32.6 Å². The summed E-state index contributed by atoms with van der Waals surface area (Å²) in [6.45, 7) is 3.37. The van der Waals surface area contributed by atoms with Crippen LogP contribution < -0.4 is 5.73 Å². The predicted octanol–water partition coefficient (Wildman–Crippen LogP) is 3.77. The molecule has 0 saturated heterocycles. The number of carbonyl (C=O) groups is 1. The van der Waals surface area contributed by atoms with Crippen LogP contribution in [0.15, 0.2) is 16.6 Å². The average Bonchev–Trinajstić information content (AvgIpc) is 2.89. The molecule has 2 rings (SSSR count). The summed E-state index contributed by atoms with van der Waals surface area (Å²) in [5.74, 6) is 4.78. The number of benzene rings is 1. The molecule has 6 nitrogen and oxygen atoms in total. The minimum atomic E-state index is -5.77. The number of carbonyl (C=O) groups excluding carboxylic acids is 1. The molecule has 0 bridgehead atoms. The maximum Gasteiger partial charge on any atom is 0.400 e. The summed E-state index contributed by atoms with van der Waals surface area (Å²) in [6.07, 6.45) is 0. The number of ether oxygens (including phenoxy) is 1. The lowest BCUT2D eigenvalue weighted by Gasteiger charge is -2.16. The second-order valence-electron chi connectivity index (χ2n) is 6.06. The number of hydrogen-bond acceptors (Lipinski definition) is 4. The summed E-state index contributed by atoms with van der Waals surface area (Å²) in [4.78, 5) is 28.8. The first-order valence-corrected chi connectivity index (χ1v) is 10.5. The average molecular weight is 482 g/mol. The molecule has 0 radical (unpaired) electrons. The van der Waals surface area contributed by atoms with Crippen molar-refractivity contribution in [3.63, 3.8) is 0 Å². The lowest BCUT2D eigenvalue weighted by Crippen LogP contribution is -2.19. The molecule has 27 heavy (non-hydrogen) atoms. The fourth-order valence-corrected chi connectivity index (χ4v) is 4.98. The Kier molecular flexibility index (Phi) is 5.89. The Morgan fingerprint density at radius 2 is 1.96 bits per heavy atom. The van der Waals surface area contributed by atoms with Crippen LogP contribution in [0.5, 0.6) is 0 Å². The Hall–Kier alpha value is -1.34. The number of hydrogen-bond donors (Lipinski definition) is 3. The third-order valence-electron chi connectivity index (χ3n) is 3.66. The Balaban J connectivity index is 2.86. The molecule has 0 unspecified atom stereocenters. The molecule has 0 saturated carbocycles. The van der Waals surface area contributed by atoms with Crippen molar-refractivity contribution in [2.45, 2.75) is 25.1 Å². The third kappa shape index (κ3) is 4.24. The topological polar surface area (TPSA) is 110 Å². The maximum absolute atomic E-state index is 14.3. The molecule has 2 aromatic rings. The summed E-state index contributed by atoms with van der Waals surface area (Å²) in [6, 6.07) is 2.61. The molecule has 0 spiro atoms. The molecule has 1 amide bonds. The second kappa shape index (κ2) is 7.24. The molecular formula is C16H15BrF2NO5PS. The van der Waals surface area contributed by atoms with E-state index in [9.17, 15) is 18.1 Å². The van der Waals surface area contributed by atoms with Gasteiger partial charge in [-0.15, -0.1) is 11.3 Å². The third-order valence-corrected chi connectivity index (χ3v) is 7.16. The number of rotatable bonds is 4. The maximum atomic E-state index is 14.3. The molecular weight excluding hydrogens is 467 g/mol. The molecule has 0 aliphatic heterocycles. The predicted molar refractivity (Wildman–Crippen MR) is 102 cm³/mol. The number of thiophene rings is 1. The summed E-state index contributed by atoms with van der Waals surface area (Å²) in [7, 11) is -4.32. The highest BCUT2D eigenvalue weighted by Gasteiger charge is 2.53. The molecule has 1 heterocycles. The normalized spacial score (nSPS) is 12.7. The van der Waals surface area contributed by atoms with E-state index < -0.39 is 29.6 Å². The van der Waals surface area contributed by atoms with Gasteiger partial charge in [-0.25, -0.2) is 0 Å². The zero-order valence-electron chi connectivity index (χ0n) is 14.3. The number of amides is 1. The summed E-state index contributed by atoms with van der Waals surface area (Å²) >= 11 is 3.44. The summed E-state index contributed by atoms with van der Waals surface area (Å²) in [5.41, 5.74) is 0.281. The molecule has 1 aromatic carbocycles. The quantitative estimate of drug-likeness (QED) is 0.454. The molecule has 0 aliphatic carbocycles. The monoisotopic (exact) mass is 481 g/mol. The van der Waals surface area contributed by atoms with Gasteiger partial charge in [0.15, 0.2) is 0 Å². The van der Waals surface area contributed by atoms with E-state index in [0.717, 1.165) is 0 Å². The molecule has 11 heteroatoms. The van der Waals surface area contributed by atoms with E-state index in [2.05, 4.69) is 27.8 Å². The van der Waals surface area contributed by atoms with E-state index in [1.165, 1.54) is 19.2 Å². The van der Waals surface area contributed by atoms with Crippen molar-refractivity contribution >= 4 is 50.9 Å². The first-order chi connectivity index (χ1) is 12.2. The van der Waals surface area contributed by atoms with E-state index in [1.807, 2.05) is 0 Å². The highest BCUT2D eigenvalue weighted by atomic mass is 79.9. The van der Waals surface area contributed by atoms with Crippen LogP contribution in [-0.4, -0.2) is 28.4 Å². The summed E-state index contributed by atoms with van der Waals surface area (Å²) in [5, 5.41) is 0.152. The van der Waals surface area contributed by atoms with Gasteiger partial charge in [-0.3, -0.25) is 9.36 Å². The zero-order valence-corrected chi connectivity index (χ0v) is 17.6. The SMILES string of the molecule is COC(C)(C)C#Cc1cc(C(N)=O)cc2c(Br)c(C(F)(F)P(=O)(O)O)sc12. The van der Waals surface area contributed by atoms with E-state index >= 15 is 0 Å². The Morgan fingerprint density at radius 3 is 2.44 bits per heavy atom. The highest BCUT2D eigenvalue weighted by molar-refractivity contribution is 9.10. The van der Waals surface area contributed by atoms with E-state index in [-0.39, 0.29) is 25.7 Å². The molecule has 146 valence electrons. The van der Waals surface area contributed by atoms with Crippen LogP contribution in [0.1, 0.15) is 34.6 Å². The lowest BCUT2D eigenvalue weighted by molar-refractivity contribution is 0.0595. The largest absolute Gasteiger partial charge is 0.400 e. The van der Waals surface area contributed by atoms with Gasteiger partial charge in [-0.1, -0.05) is 11.8 Å². The van der Waals surface area contributed by atoms with Crippen molar-refractivity contribution in [2.24, 2.45) is 5.73 Å². The van der Waals surface area contributed by atoms with Crippen molar-refractivity contribution in [2.75, 3.05) is 7.11 Å². The van der Waals surface area contributed by atoms with Crippen LogP contribution >= 0.6 is 34.9 Å². The fraction of sp³-hybridized carbons (Fsp3) is 0.312. The lowest BCUT2D eigenvalue weighted by atomic mass is 10.1. The van der Waals surface area contributed by atoms with Crippen LogP contribution in [0.4, 0.5) is 8.78 Å². The standard InChI is InChI=1S/C16H15BrF2NO5PS/c1-15(2,25-3)5-4-8-6-9(14(20)21)7-10-11(17)13(27-12(8)10)16(18,19)26(22,23)24/h6-7H,1-3H3,(H2,20,21)(H2,22,23,24). The minimum absolute atomic E-state index is 0.0200. The Labute approximate surface area is 166 Å². The Bertz CT molecular complexity index is 1030. The fourth-order valence-electron chi connectivity index (χ4n) is 2.00. The summed E-state index contributed by atoms with van der Waals surface area (Å²) < 4.78 is 44.9. The van der Waals surface area contributed by atoms with Crippen LogP contribution in [0.2, 0.25) is 0 Å². The van der Waals surface area contributed by atoms with E-state index in [1.54, 1.807) is 13.8 Å². The van der Waals surface area contributed by atoms with Gasteiger partial charge in [0.2, 0.25) is 5.91 Å². The van der Waals surface area contributed by atoms with Crippen molar-refractivity contribution in [1.82, 2.24) is 0 Å². The number of primary amides is 1. The minimum Gasteiger partial charge on any atom is -0.366 e. The van der Waals surface area contributed by atoms with E-state index in [4.69, 9.17) is 20.3 Å². The van der Waals surface area contributed by atoms with Crippen molar-refractivity contribution in [3.8, 4) is 11.8 Å². The van der Waals surface area contributed by atoms with Gasteiger partial charge in [-0.2, -0.15) is 8.78 Å². The van der Waals surface area contributed by atoms with Crippen LogP contribution in [0, 0.1) is 11.8 Å². The number of halogens is 3. The zero-order chi connectivity index (χ0) is 20.8. The van der Waals surface area contributed by atoms with Crippen molar-refractivity contribution < 1.29 is 32.7 Å². The van der Waals surface area contributed by atoms with Crippen LogP contribution in [0.3, 0.4) is 0 Å². The molecule has 4 N–H and O–H groups in total. The molecule has 1 aromatic heterocycles. The van der Waals surface area contributed by atoms with Crippen LogP contribution in [0.25, 0.3) is 10.1 Å². The number of alkyl halides is 2. The van der Waals surface area contributed by atoms with Gasteiger partial charge in [0, 0.05) is 28.1 Å². The van der Waals surface area contributed by atoms with Crippen LogP contribution in [-0.2, 0) is 15.0 Å². The van der Waals surface area contributed by atoms with Gasteiger partial charge in [0.25, 0.3) is 0 Å². The van der Waals surface area contributed by atoms with Crippen molar-refractivity contribution in [1.29, 1.82) is 0 Å². The van der Waals surface area contributed by atoms with E-state index in [0.29, 0.717) is 11.3 Å². The molecule has 0 atom stereocenters. The molecule has 0 aliphatic rings. The number of methoxy groups -OCH3 is 1.